The molecule has 8 heteroatoms. The van der Waals surface area contributed by atoms with E-state index in [1.54, 1.807) is 19.5 Å². The molecule has 0 aliphatic carbocycles. The van der Waals surface area contributed by atoms with Crippen LogP contribution in [-0.4, -0.2) is 21.4 Å². The molecule has 0 spiro atoms. The van der Waals surface area contributed by atoms with Crippen LogP contribution in [0.2, 0.25) is 0 Å². The topological polar surface area (TPSA) is 56.1 Å². The Morgan fingerprint density at radius 1 is 1.13 bits per heavy atom. The van der Waals surface area contributed by atoms with E-state index in [0.29, 0.717) is 11.4 Å². The van der Waals surface area contributed by atoms with Crippen molar-refractivity contribution in [3.63, 3.8) is 0 Å². The van der Waals surface area contributed by atoms with Crippen LogP contribution in [0.1, 0.15) is 38.2 Å². The lowest BCUT2D eigenvalue weighted by atomic mass is 10.1. The van der Waals surface area contributed by atoms with Crippen LogP contribution in [0.5, 0.6) is 5.75 Å². The summed E-state index contributed by atoms with van der Waals surface area (Å²) in [5, 5.41) is 0. The molecule has 1 unspecified atom stereocenters. The molecule has 0 aliphatic heterocycles. The van der Waals surface area contributed by atoms with Crippen molar-refractivity contribution in [3.8, 4) is 11.4 Å². The molecule has 0 radical (unpaired) electrons. The molecule has 1 heterocycles. The number of nitrogens with zero attached hydrogens (tertiary/aromatic N) is 2. The van der Waals surface area contributed by atoms with Crippen molar-refractivity contribution in [2.24, 2.45) is 0 Å². The molecular formula is C22H26F2N3O2S+. The van der Waals surface area contributed by atoms with Gasteiger partial charge in [-0.05, 0) is 69.2 Å². The zero-order chi connectivity index (χ0) is 21.9. The number of ether oxygens (including phenoxy) is 1. The second-order valence-corrected chi connectivity index (χ2v) is 10.2. The summed E-state index contributed by atoms with van der Waals surface area (Å²) in [6, 6.07) is 10.3. The SMILES string of the molecule is COc1ccc(-n2ccnc2[C@@H](Cc2cc(F)cc(F)c2)N[SH+](=O)C(C)(C)C)cc1. The van der Waals surface area contributed by atoms with E-state index in [2.05, 4.69) is 9.71 Å². The smallest absolute Gasteiger partial charge is 0.147 e. The molecule has 1 N–H and O–H groups in total. The normalized spacial score (nSPS) is 13.8. The van der Waals surface area contributed by atoms with E-state index < -0.39 is 33.4 Å². The third-order valence-corrected chi connectivity index (χ3v) is 6.34. The molecule has 2 aromatic carbocycles. The first kappa shape index (κ1) is 22.1. The highest BCUT2D eigenvalue weighted by molar-refractivity contribution is 7.84. The fraction of sp³-hybridized carbons (Fsp3) is 0.318. The van der Waals surface area contributed by atoms with Gasteiger partial charge in [-0.25, -0.2) is 13.8 Å². The summed E-state index contributed by atoms with van der Waals surface area (Å²) in [5.41, 5.74) is 1.29. The van der Waals surface area contributed by atoms with Gasteiger partial charge in [-0.3, -0.25) is 0 Å². The third kappa shape index (κ3) is 5.31. The van der Waals surface area contributed by atoms with E-state index in [-0.39, 0.29) is 6.42 Å². The summed E-state index contributed by atoms with van der Waals surface area (Å²) in [7, 11) is -0.231. The number of halogens is 2. The van der Waals surface area contributed by atoms with Gasteiger partial charge < -0.3 is 9.30 Å². The van der Waals surface area contributed by atoms with Gasteiger partial charge in [0.2, 0.25) is 0 Å². The highest BCUT2D eigenvalue weighted by Gasteiger charge is 2.31. The van der Waals surface area contributed by atoms with Gasteiger partial charge in [-0.2, -0.15) is 0 Å². The van der Waals surface area contributed by atoms with Crippen molar-refractivity contribution in [3.05, 3.63) is 77.9 Å². The fourth-order valence-corrected chi connectivity index (χ4v) is 3.91. The molecule has 0 saturated heterocycles. The summed E-state index contributed by atoms with van der Waals surface area (Å²) in [4.78, 5) is 4.46. The maximum absolute atomic E-state index is 13.7. The minimum atomic E-state index is -1.83. The van der Waals surface area contributed by atoms with E-state index >= 15 is 0 Å². The molecule has 0 bridgehead atoms. The highest BCUT2D eigenvalue weighted by Crippen LogP contribution is 2.25. The van der Waals surface area contributed by atoms with Gasteiger partial charge >= 0.3 is 0 Å². The highest BCUT2D eigenvalue weighted by atomic mass is 32.2. The molecule has 0 fully saturated rings. The molecule has 1 aromatic heterocycles. The second-order valence-electron chi connectivity index (χ2n) is 7.98. The van der Waals surface area contributed by atoms with Gasteiger partial charge in [0.1, 0.15) is 45.0 Å². The minimum absolute atomic E-state index is 0.221. The van der Waals surface area contributed by atoms with E-state index in [1.165, 1.54) is 12.1 Å². The number of hydrogen-bond acceptors (Lipinski definition) is 3. The Balaban J connectivity index is 1.99. The Labute approximate surface area is 177 Å². The number of thiol groups is 1. The maximum Gasteiger partial charge on any atom is 0.147 e. The standard InChI is InChI=1S/C22H25F2N3O2S/c1-22(2,3)30(28)26-20(13-15-11-16(23)14-17(24)12-15)21-25-9-10-27(21)18-5-7-19(29-4)8-6-18/h5-12,14,20H,13H2,1-4H3,(H,26,28)/p+1/t20-,30?/m1/s1. The van der Waals surface area contributed by atoms with Crippen LogP contribution in [0.15, 0.2) is 54.9 Å². The number of hydrogen-bond donors (Lipinski definition) is 1. The lowest BCUT2D eigenvalue weighted by Gasteiger charge is -2.21. The average Bonchev–Trinajstić information content (AvgIpc) is 3.15. The molecule has 0 saturated carbocycles. The predicted molar refractivity (Wildman–Crippen MR) is 115 cm³/mol. The Hall–Kier alpha value is -2.58. The summed E-state index contributed by atoms with van der Waals surface area (Å²) in [6.07, 6.45) is 3.66. The Kier molecular flexibility index (Phi) is 6.67. The molecular weight excluding hydrogens is 408 g/mol. The summed E-state index contributed by atoms with van der Waals surface area (Å²) in [5.74, 6) is 0.0171. The van der Waals surface area contributed by atoms with Gasteiger partial charge in [0.05, 0.1) is 7.11 Å². The molecule has 5 nitrogen and oxygen atoms in total. The summed E-state index contributed by atoms with van der Waals surface area (Å²) < 4.78 is 50.1. The molecule has 0 aliphatic rings. The average molecular weight is 435 g/mol. The van der Waals surface area contributed by atoms with Gasteiger partial charge in [0.15, 0.2) is 0 Å². The zero-order valence-corrected chi connectivity index (χ0v) is 18.3. The minimum Gasteiger partial charge on any atom is -0.497 e. The quantitative estimate of drug-likeness (QED) is 0.442. The van der Waals surface area contributed by atoms with Crippen molar-refractivity contribution in [1.29, 1.82) is 0 Å². The summed E-state index contributed by atoms with van der Waals surface area (Å²) >= 11 is 0. The number of methoxy groups -OCH3 is 1. The van der Waals surface area contributed by atoms with Crippen molar-refractivity contribution in [1.82, 2.24) is 14.3 Å². The van der Waals surface area contributed by atoms with Crippen LogP contribution in [0.4, 0.5) is 8.78 Å². The van der Waals surface area contributed by atoms with Crippen LogP contribution < -0.4 is 9.46 Å². The Morgan fingerprint density at radius 3 is 2.33 bits per heavy atom. The first-order chi connectivity index (χ1) is 14.2. The van der Waals surface area contributed by atoms with Gasteiger partial charge in [-0.15, -0.1) is 4.72 Å². The van der Waals surface area contributed by atoms with Crippen LogP contribution in [0, 0.1) is 11.6 Å². The van der Waals surface area contributed by atoms with Crippen molar-refractivity contribution in [2.75, 3.05) is 7.11 Å². The molecule has 3 aromatic rings. The summed E-state index contributed by atoms with van der Waals surface area (Å²) in [6.45, 7) is 5.61. The molecule has 30 heavy (non-hydrogen) atoms. The van der Waals surface area contributed by atoms with E-state index in [0.717, 1.165) is 17.5 Å². The van der Waals surface area contributed by atoms with Crippen LogP contribution in [-0.2, 0) is 21.6 Å². The van der Waals surface area contributed by atoms with Gasteiger partial charge in [0, 0.05) is 24.1 Å². The third-order valence-electron chi connectivity index (χ3n) is 4.58. The number of benzene rings is 2. The maximum atomic E-state index is 13.7. The fourth-order valence-electron chi connectivity index (χ4n) is 3.03. The number of aromatic nitrogens is 2. The molecule has 3 rings (SSSR count). The lowest BCUT2D eigenvalue weighted by molar-refractivity contribution is 0.414. The monoisotopic (exact) mass is 434 g/mol. The largest absolute Gasteiger partial charge is 0.497 e. The Morgan fingerprint density at radius 2 is 1.77 bits per heavy atom. The number of nitrogens with one attached hydrogen (secondary N) is 1. The van der Waals surface area contributed by atoms with E-state index in [9.17, 15) is 13.0 Å². The van der Waals surface area contributed by atoms with Crippen LogP contribution in [0.25, 0.3) is 5.69 Å². The number of rotatable bonds is 7. The second kappa shape index (κ2) is 9.06. The first-order valence-electron chi connectivity index (χ1n) is 9.53. The van der Waals surface area contributed by atoms with Crippen LogP contribution in [0.3, 0.4) is 0 Å². The zero-order valence-electron chi connectivity index (χ0n) is 17.4. The molecule has 2 atom stereocenters. The van der Waals surface area contributed by atoms with Gasteiger partial charge in [0.25, 0.3) is 0 Å². The van der Waals surface area contributed by atoms with Crippen molar-refractivity contribution < 1.29 is 17.7 Å². The van der Waals surface area contributed by atoms with Gasteiger partial charge in [-0.1, -0.05) is 4.21 Å². The van der Waals surface area contributed by atoms with Crippen molar-refractivity contribution in [2.45, 2.75) is 38.0 Å². The molecule has 0 amide bonds. The van der Waals surface area contributed by atoms with E-state index in [1.807, 2.05) is 49.6 Å². The van der Waals surface area contributed by atoms with Crippen LogP contribution >= 0.6 is 0 Å². The van der Waals surface area contributed by atoms with Crippen molar-refractivity contribution >= 4 is 11.0 Å². The van der Waals surface area contributed by atoms with E-state index in [4.69, 9.17) is 4.74 Å². The number of imidazole rings is 1. The predicted octanol–water partition coefficient (Wildman–Crippen LogP) is 4.44. The Bertz CT molecular complexity index is 1010. The molecule has 160 valence electrons. The lowest BCUT2D eigenvalue weighted by Crippen LogP contribution is -2.37. The first-order valence-corrected chi connectivity index (χ1v) is 10.8.